The SMILES string of the molecule is C#CO.Cc1cccc(-c2ccc(-n3cc(C4=NCC(C)(C)N4)nc3-c3c(Cl)cccc3Cl)cc2)c1. The second-order valence-corrected chi connectivity index (χ2v) is 9.95. The molecule has 5 rings (SSSR count). The van der Waals surface area contributed by atoms with Gasteiger partial charge < -0.3 is 10.4 Å². The average molecular weight is 517 g/mol. The van der Waals surface area contributed by atoms with Gasteiger partial charge in [0.2, 0.25) is 0 Å². The van der Waals surface area contributed by atoms with E-state index in [1.54, 1.807) is 0 Å². The number of imidazole rings is 1. The summed E-state index contributed by atoms with van der Waals surface area (Å²) < 4.78 is 2.03. The quantitative estimate of drug-likeness (QED) is 0.290. The first kappa shape index (κ1) is 25.4. The Bertz CT molecular complexity index is 1440. The molecule has 1 aliphatic rings. The maximum atomic E-state index is 7.10. The lowest BCUT2D eigenvalue weighted by Crippen LogP contribution is -2.39. The number of aliphatic imine (C=N–C) groups is 1. The summed E-state index contributed by atoms with van der Waals surface area (Å²) in [6.07, 6.45) is 7.39. The molecule has 0 amide bonds. The predicted molar refractivity (Wildman–Crippen MR) is 149 cm³/mol. The number of aryl methyl sites for hydroxylation is 1. The van der Waals surface area contributed by atoms with Gasteiger partial charge in [-0.2, -0.15) is 0 Å². The number of nitrogens with one attached hydrogen (secondary N) is 1. The second kappa shape index (κ2) is 10.5. The summed E-state index contributed by atoms with van der Waals surface area (Å²) in [6.45, 7) is 7.04. The van der Waals surface area contributed by atoms with Crippen molar-refractivity contribution in [1.82, 2.24) is 14.9 Å². The number of halogens is 2. The monoisotopic (exact) mass is 516 g/mol. The number of terminal acetylenes is 1. The molecule has 0 unspecified atom stereocenters. The molecular weight excluding hydrogens is 491 g/mol. The van der Waals surface area contributed by atoms with E-state index in [9.17, 15) is 0 Å². The summed E-state index contributed by atoms with van der Waals surface area (Å²) in [5, 5.41) is 11.7. The first-order chi connectivity index (χ1) is 17.2. The number of aliphatic hydroxyl groups excluding tert-OH is 1. The Morgan fingerprint density at radius 2 is 1.64 bits per heavy atom. The van der Waals surface area contributed by atoms with Crippen LogP contribution in [-0.2, 0) is 0 Å². The van der Waals surface area contributed by atoms with Gasteiger partial charge in [-0.3, -0.25) is 9.56 Å². The van der Waals surface area contributed by atoms with Crippen LogP contribution in [0.2, 0.25) is 10.0 Å². The Hall–Kier alpha value is -3.72. The van der Waals surface area contributed by atoms with Crippen LogP contribution in [0.15, 0.2) is 77.9 Å². The Morgan fingerprint density at radius 3 is 2.22 bits per heavy atom. The number of amidine groups is 1. The van der Waals surface area contributed by atoms with Gasteiger partial charge in [0.25, 0.3) is 0 Å². The molecule has 1 aromatic heterocycles. The molecule has 1 aliphatic heterocycles. The highest BCUT2D eigenvalue weighted by Gasteiger charge is 2.28. The van der Waals surface area contributed by atoms with Crippen LogP contribution in [-0.4, -0.2) is 32.6 Å². The highest BCUT2D eigenvalue weighted by molar-refractivity contribution is 6.39. The van der Waals surface area contributed by atoms with Crippen molar-refractivity contribution < 1.29 is 5.11 Å². The minimum Gasteiger partial charge on any atom is -0.462 e. The van der Waals surface area contributed by atoms with Gasteiger partial charge in [0, 0.05) is 11.9 Å². The Morgan fingerprint density at radius 1 is 1.00 bits per heavy atom. The van der Waals surface area contributed by atoms with Crippen molar-refractivity contribution in [3.63, 3.8) is 0 Å². The average Bonchev–Trinajstić information content (AvgIpc) is 3.43. The number of aliphatic hydroxyl groups is 1. The smallest absolute Gasteiger partial charge is 0.149 e. The summed E-state index contributed by atoms with van der Waals surface area (Å²) in [7, 11) is 0. The molecule has 2 N–H and O–H groups in total. The van der Waals surface area contributed by atoms with Crippen molar-refractivity contribution in [2.75, 3.05) is 6.54 Å². The highest BCUT2D eigenvalue weighted by atomic mass is 35.5. The molecule has 7 heteroatoms. The second-order valence-electron chi connectivity index (χ2n) is 9.14. The molecule has 0 radical (unpaired) electrons. The van der Waals surface area contributed by atoms with E-state index >= 15 is 0 Å². The van der Waals surface area contributed by atoms with Gasteiger partial charge in [0.15, 0.2) is 0 Å². The van der Waals surface area contributed by atoms with Crippen LogP contribution in [0, 0.1) is 19.5 Å². The van der Waals surface area contributed by atoms with Gasteiger partial charge in [-0.05, 0) is 56.2 Å². The van der Waals surface area contributed by atoms with Crippen LogP contribution in [0.25, 0.3) is 28.2 Å². The topological polar surface area (TPSA) is 62.4 Å². The zero-order chi connectivity index (χ0) is 25.9. The number of aromatic nitrogens is 2. The molecule has 0 saturated carbocycles. The normalized spacial score (nSPS) is 13.7. The van der Waals surface area contributed by atoms with Gasteiger partial charge in [0.1, 0.15) is 23.5 Å². The van der Waals surface area contributed by atoms with E-state index in [1.807, 2.05) is 29.0 Å². The molecule has 0 saturated heterocycles. The minimum atomic E-state index is -0.100. The number of hydrogen-bond donors (Lipinski definition) is 2. The van der Waals surface area contributed by atoms with E-state index in [1.165, 1.54) is 17.2 Å². The number of benzene rings is 3. The maximum Gasteiger partial charge on any atom is 0.149 e. The summed E-state index contributed by atoms with van der Waals surface area (Å²) >= 11 is 13.1. The lowest BCUT2D eigenvalue weighted by atomic mass is 10.0. The van der Waals surface area contributed by atoms with Crippen molar-refractivity contribution >= 4 is 29.0 Å². The van der Waals surface area contributed by atoms with Crippen LogP contribution in [0.3, 0.4) is 0 Å². The van der Waals surface area contributed by atoms with Crippen LogP contribution in [0.1, 0.15) is 25.1 Å². The Balaban J connectivity index is 0.000000967. The van der Waals surface area contributed by atoms with E-state index in [0.717, 1.165) is 22.8 Å². The van der Waals surface area contributed by atoms with Crippen molar-refractivity contribution in [2.45, 2.75) is 26.3 Å². The molecular formula is C29H26Cl2N4O. The molecule has 3 aromatic carbocycles. The lowest BCUT2D eigenvalue weighted by molar-refractivity contribution is 0.506. The fraction of sp³-hybridized carbons (Fsp3) is 0.172. The van der Waals surface area contributed by atoms with Gasteiger partial charge in [-0.25, -0.2) is 4.98 Å². The summed E-state index contributed by atoms with van der Waals surface area (Å²) in [6, 6.07) is 22.4. The van der Waals surface area contributed by atoms with Crippen LogP contribution in [0.5, 0.6) is 0 Å². The van der Waals surface area contributed by atoms with Crippen LogP contribution in [0.4, 0.5) is 0 Å². The highest BCUT2D eigenvalue weighted by Crippen LogP contribution is 2.36. The molecule has 4 aromatic rings. The standard InChI is InChI=1S/C27H24Cl2N4.C2H2O/c1-17-6-4-7-19(14-17)18-10-12-20(13-11-18)33-15-23(25-30-16-27(2,3)32-25)31-26(33)24-21(28)8-5-9-22(24)29;1-2-3/h4-15H,16H2,1-3H3,(H,30,32);1,3H. The summed E-state index contributed by atoms with van der Waals surface area (Å²) in [5.41, 5.74) is 5.91. The lowest BCUT2D eigenvalue weighted by Gasteiger charge is -2.17. The van der Waals surface area contributed by atoms with Crippen LogP contribution < -0.4 is 5.32 Å². The van der Waals surface area contributed by atoms with E-state index in [2.05, 4.69) is 86.0 Å². The van der Waals surface area contributed by atoms with E-state index < -0.39 is 0 Å². The third-order valence-electron chi connectivity index (χ3n) is 5.72. The molecule has 0 atom stereocenters. The Labute approximate surface area is 221 Å². The largest absolute Gasteiger partial charge is 0.462 e. The summed E-state index contributed by atoms with van der Waals surface area (Å²) in [4.78, 5) is 9.59. The molecule has 36 heavy (non-hydrogen) atoms. The minimum absolute atomic E-state index is 0.100. The van der Waals surface area contributed by atoms with E-state index in [-0.39, 0.29) is 5.54 Å². The molecule has 0 spiro atoms. The van der Waals surface area contributed by atoms with Crippen molar-refractivity contribution in [3.05, 3.63) is 94.2 Å². The molecule has 0 aliphatic carbocycles. The number of hydrogen-bond acceptors (Lipinski definition) is 4. The number of rotatable bonds is 4. The fourth-order valence-electron chi connectivity index (χ4n) is 4.04. The third kappa shape index (κ3) is 5.41. The van der Waals surface area contributed by atoms with Crippen molar-refractivity contribution in [2.24, 2.45) is 4.99 Å². The third-order valence-corrected chi connectivity index (χ3v) is 6.35. The van der Waals surface area contributed by atoms with Crippen LogP contribution >= 0.6 is 23.2 Å². The van der Waals surface area contributed by atoms with E-state index in [4.69, 9.17) is 33.3 Å². The zero-order valence-electron chi connectivity index (χ0n) is 20.3. The van der Waals surface area contributed by atoms with Crippen molar-refractivity contribution in [1.29, 1.82) is 0 Å². The predicted octanol–water partition coefficient (Wildman–Crippen LogP) is 6.90. The molecule has 182 valence electrons. The fourth-order valence-corrected chi connectivity index (χ4v) is 4.61. The molecule has 2 heterocycles. The molecule has 5 nitrogen and oxygen atoms in total. The number of nitrogens with zero attached hydrogens (tertiary/aromatic N) is 3. The van der Waals surface area contributed by atoms with Gasteiger partial charge in [0.05, 0.1) is 27.7 Å². The first-order valence-electron chi connectivity index (χ1n) is 11.4. The Kier molecular flexibility index (Phi) is 7.40. The summed E-state index contributed by atoms with van der Waals surface area (Å²) in [5.74, 6) is 1.46. The maximum absolute atomic E-state index is 7.10. The molecule has 0 bridgehead atoms. The first-order valence-corrected chi connectivity index (χ1v) is 12.1. The van der Waals surface area contributed by atoms with Gasteiger partial charge in [-0.1, -0.05) is 77.7 Å². The van der Waals surface area contributed by atoms with Gasteiger partial charge >= 0.3 is 0 Å². The van der Waals surface area contributed by atoms with Gasteiger partial charge in [-0.15, -0.1) is 0 Å². The molecule has 0 fully saturated rings. The van der Waals surface area contributed by atoms with E-state index in [0.29, 0.717) is 28.0 Å². The van der Waals surface area contributed by atoms with Crippen molar-refractivity contribution in [3.8, 4) is 40.7 Å². The zero-order valence-corrected chi connectivity index (χ0v) is 21.8.